The van der Waals surface area contributed by atoms with Crippen molar-refractivity contribution >= 4 is 15.9 Å². The van der Waals surface area contributed by atoms with Crippen LogP contribution < -0.4 is 10.1 Å². The molecule has 114 valence electrons. The molecule has 1 aromatic heterocycles. The van der Waals surface area contributed by atoms with Crippen molar-refractivity contribution in [1.29, 1.82) is 0 Å². The third-order valence-electron chi connectivity index (χ3n) is 3.08. The number of rotatable bonds is 5. The van der Waals surface area contributed by atoms with E-state index in [0.29, 0.717) is 28.7 Å². The van der Waals surface area contributed by atoms with Gasteiger partial charge in [0.25, 0.3) is 0 Å². The molecule has 6 heteroatoms. The van der Waals surface area contributed by atoms with Crippen molar-refractivity contribution in [2.45, 2.75) is 33.4 Å². The van der Waals surface area contributed by atoms with Crippen molar-refractivity contribution in [2.75, 3.05) is 0 Å². The average Bonchev–Trinajstić information content (AvgIpc) is 2.65. The van der Waals surface area contributed by atoms with E-state index in [1.165, 1.54) is 12.1 Å². The molecule has 4 nitrogen and oxygen atoms in total. The van der Waals surface area contributed by atoms with Crippen LogP contribution in [0, 0.1) is 12.7 Å². The highest BCUT2D eigenvalue weighted by atomic mass is 79.9. The number of aromatic nitrogens is 2. The molecule has 0 spiro atoms. The molecule has 0 amide bonds. The molecular formula is C15H19BrFN3O. The first kappa shape index (κ1) is 16.0. The summed E-state index contributed by atoms with van der Waals surface area (Å²) >= 11 is 3.31. The summed E-state index contributed by atoms with van der Waals surface area (Å²) in [5.41, 5.74) is 1.92. The smallest absolute Gasteiger partial charge is 0.222 e. The number of nitrogens with zero attached hydrogens (tertiary/aromatic N) is 2. The van der Waals surface area contributed by atoms with Gasteiger partial charge < -0.3 is 10.1 Å². The Hall–Kier alpha value is -1.40. The molecule has 0 aliphatic rings. The zero-order valence-corrected chi connectivity index (χ0v) is 14.2. The van der Waals surface area contributed by atoms with Gasteiger partial charge in [-0.2, -0.15) is 5.10 Å². The van der Waals surface area contributed by atoms with Crippen LogP contribution in [0.2, 0.25) is 0 Å². The highest BCUT2D eigenvalue weighted by Crippen LogP contribution is 2.32. The Morgan fingerprint density at radius 3 is 2.76 bits per heavy atom. The molecular weight excluding hydrogens is 337 g/mol. The van der Waals surface area contributed by atoms with Crippen LogP contribution in [-0.4, -0.2) is 15.8 Å². The molecule has 2 aromatic rings. The lowest BCUT2D eigenvalue weighted by Gasteiger charge is -2.12. The molecule has 0 aliphatic carbocycles. The molecule has 1 aromatic carbocycles. The summed E-state index contributed by atoms with van der Waals surface area (Å²) in [6.07, 6.45) is 0. The summed E-state index contributed by atoms with van der Waals surface area (Å²) < 4.78 is 21.3. The number of ether oxygens (including phenoxy) is 1. The maximum Gasteiger partial charge on any atom is 0.222 e. The van der Waals surface area contributed by atoms with Gasteiger partial charge in [-0.3, -0.25) is 0 Å². The average molecular weight is 356 g/mol. The standard InChI is InChI=1S/C15H19BrFN3O/c1-9(2)18-8-12-10(3)19-20(4)15(12)21-14-6-5-11(17)7-13(14)16/h5-7,9,18H,8H2,1-4H3. The van der Waals surface area contributed by atoms with Gasteiger partial charge in [0, 0.05) is 19.6 Å². The predicted octanol–water partition coefficient (Wildman–Crippen LogP) is 3.92. The Morgan fingerprint density at radius 2 is 2.14 bits per heavy atom. The molecule has 0 fully saturated rings. The van der Waals surface area contributed by atoms with Gasteiger partial charge in [0.15, 0.2) is 0 Å². The molecule has 0 unspecified atom stereocenters. The first-order chi connectivity index (χ1) is 9.88. The molecule has 1 heterocycles. The van der Waals surface area contributed by atoms with Gasteiger partial charge >= 0.3 is 0 Å². The van der Waals surface area contributed by atoms with Crippen molar-refractivity contribution in [2.24, 2.45) is 7.05 Å². The predicted molar refractivity (Wildman–Crippen MR) is 84.1 cm³/mol. The van der Waals surface area contributed by atoms with E-state index in [1.807, 2.05) is 14.0 Å². The number of hydrogen-bond donors (Lipinski definition) is 1. The first-order valence-electron chi connectivity index (χ1n) is 6.77. The lowest BCUT2D eigenvalue weighted by molar-refractivity contribution is 0.419. The maximum atomic E-state index is 13.1. The minimum absolute atomic E-state index is 0.308. The number of nitrogens with one attached hydrogen (secondary N) is 1. The normalized spacial score (nSPS) is 11.2. The van der Waals surface area contributed by atoms with Crippen molar-refractivity contribution < 1.29 is 9.13 Å². The van der Waals surface area contributed by atoms with Gasteiger partial charge in [-0.1, -0.05) is 13.8 Å². The largest absolute Gasteiger partial charge is 0.438 e. The van der Waals surface area contributed by atoms with Crippen molar-refractivity contribution in [3.05, 3.63) is 39.7 Å². The summed E-state index contributed by atoms with van der Waals surface area (Å²) in [6, 6.07) is 4.72. The van der Waals surface area contributed by atoms with Crippen LogP contribution >= 0.6 is 15.9 Å². The second-order valence-corrected chi connectivity index (χ2v) is 6.06. The molecule has 1 N–H and O–H groups in total. The fraction of sp³-hybridized carbons (Fsp3) is 0.400. The molecule has 0 saturated carbocycles. The third-order valence-corrected chi connectivity index (χ3v) is 3.70. The number of hydrogen-bond acceptors (Lipinski definition) is 3. The molecule has 0 saturated heterocycles. The Morgan fingerprint density at radius 1 is 1.43 bits per heavy atom. The Bertz CT molecular complexity index is 640. The van der Waals surface area contributed by atoms with Gasteiger partial charge in [0.05, 0.1) is 15.7 Å². The number of aryl methyl sites for hydroxylation is 2. The highest BCUT2D eigenvalue weighted by Gasteiger charge is 2.17. The minimum atomic E-state index is -0.308. The topological polar surface area (TPSA) is 39.1 Å². The van der Waals surface area contributed by atoms with Gasteiger partial charge in [0.2, 0.25) is 5.88 Å². The lowest BCUT2D eigenvalue weighted by atomic mass is 10.2. The summed E-state index contributed by atoms with van der Waals surface area (Å²) in [7, 11) is 1.83. The van der Waals surface area contributed by atoms with E-state index in [4.69, 9.17) is 4.74 Å². The summed E-state index contributed by atoms with van der Waals surface area (Å²) in [6.45, 7) is 6.79. The van der Waals surface area contributed by atoms with Crippen LogP contribution in [-0.2, 0) is 13.6 Å². The van der Waals surface area contributed by atoms with Crippen LogP contribution in [0.15, 0.2) is 22.7 Å². The first-order valence-corrected chi connectivity index (χ1v) is 7.56. The van der Waals surface area contributed by atoms with Crippen molar-refractivity contribution in [3.8, 4) is 11.6 Å². The minimum Gasteiger partial charge on any atom is -0.438 e. The molecule has 2 rings (SSSR count). The van der Waals surface area contributed by atoms with Crippen molar-refractivity contribution in [3.63, 3.8) is 0 Å². The van der Waals surface area contributed by atoms with Gasteiger partial charge in [-0.15, -0.1) is 0 Å². The molecule has 0 radical (unpaired) electrons. The molecule has 0 atom stereocenters. The van der Waals surface area contributed by atoms with Gasteiger partial charge in [-0.25, -0.2) is 9.07 Å². The van der Waals surface area contributed by atoms with Crippen LogP contribution in [0.1, 0.15) is 25.1 Å². The quantitative estimate of drug-likeness (QED) is 0.883. The number of halogens is 2. The SMILES string of the molecule is Cc1nn(C)c(Oc2ccc(F)cc2Br)c1CNC(C)C. The molecule has 0 aliphatic heterocycles. The zero-order chi connectivity index (χ0) is 15.6. The van der Waals surface area contributed by atoms with Crippen LogP contribution in [0.4, 0.5) is 4.39 Å². The maximum absolute atomic E-state index is 13.1. The van der Waals surface area contributed by atoms with E-state index in [1.54, 1.807) is 10.7 Å². The second-order valence-electron chi connectivity index (χ2n) is 5.21. The molecule has 21 heavy (non-hydrogen) atoms. The fourth-order valence-corrected chi connectivity index (χ4v) is 2.41. The summed E-state index contributed by atoms with van der Waals surface area (Å²) in [5, 5.41) is 7.76. The van der Waals surface area contributed by atoms with Gasteiger partial charge in [0.1, 0.15) is 11.6 Å². The van der Waals surface area contributed by atoms with Crippen molar-refractivity contribution in [1.82, 2.24) is 15.1 Å². The lowest BCUT2D eigenvalue weighted by Crippen LogP contribution is -2.22. The van der Waals surface area contributed by atoms with E-state index >= 15 is 0 Å². The van der Waals surface area contributed by atoms with Gasteiger partial charge in [-0.05, 0) is 41.1 Å². The van der Waals surface area contributed by atoms with Crippen LogP contribution in [0.25, 0.3) is 0 Å². The third kappa shape index (κ3) is 3.83. The van der Waals surface area contributed by atoms with Crippen LogP contribution in [0.3, 0.4) is 0 Å². The summed E-state index contributed by atoms with van der Waals surface area (Å²) in [5.74, 6) is 0.912. The Balaban J connectivity index is 2.30. The molecule has 0 bridgehead atoms. The zero-order valence-electron chi connectivity index (χ0n) is 12.6. The Kier molecular flexibility index (Phi) is 5.00. The monoisotopic (exact) mass is 355 g/mol. The second kappa shape index (κ2) is 6.58. The van der Waals surface area contributed by atoms with E-state index in [2.05, 4.69) is 40.2 Å². The van der Waals surface area contributed by atoms with E-state index < -0.39 is 0 Å². The number of benzene rings is 1. The van der Waals surface area contributed by atoms with E-state index in [9.17, 15) is 4.39 Å². The van der Waals surface area contributed by atoms with Crippen LogP contribution in [0.5, 0.6) is 11.6 Å². The fourth-order valence-electron chi connectivity index (χ4n) is 1.98. The van der Waals surface area contributed by atoms with E-state index in [0.717, 1.165) is 11.3 Å². The highest BCUT2D eigenvalue weighted by molar-refractivity contribution is 9.10. The summed E-state index contributed by atoms with van der Waals surface area (Å²) in [4.78, 5) is 0. The Labute approximate surface area is 132 Å². The van der Waals surface area contributed by atoms with E-state index in [-0.39, 0.29) is 5.82 Å².